The normalized spacial score (nSPS) is 13.3. The quantitative estimate of drug-likeness (QED) is 0.860. The van der Waals surface area contributed by atoms with Crippen LogP contribution in [-0.4, -0.2) is 18.2 Å². The molecule has 23 heavy (non-hydrogen) atoms. The lowest BCUT2D eigenvalue weighted by Gasteiger charge is -2.29. The summed E-state index contributed by atoms with van der Waals surface area (Å²) in [5, 5.41) is 8.92. The second kappa shape index (κ2) is 7.34. The second-order valence-electron chi connectivity index (χ2n) is 5.58. The van der Waals surface area contributed by atoms with Gasteiger partial charge in [-0.05, 0) is 42.2 Å². The summed E-state index contributed by atoms with van der Waals surface area (Å²) in [5.74, 6) is 1.38. The maximum absolute atomic E-state index is 12.5. The Balaban J connectivity index is 1.59. The highest BCUT2D eigenvalue weighted by Crippen LogP contribution is 2.27. The van der Waals surface area contributed by atoms with E-state index in [1.165, 1.54) is 5.56 Å². The van der Waals surface area contributed by atoms with Gasteiger partial charge in [0.15, 0.2) is 0 Å². The number of fused-ring (bicyclic) bond motifs is 1. The van der Waals surface area contributed by atoms with Crippen molar-refractivity contribution in [1.82, 2.24) is 0 Å². The molecule has 3 nitrogen and oxygen atoms in total. The molecule has 2 aromatic carbocycles. The number of nitrogens with zero attached hydrogens (tertiary/aromatic N) is 2. The van der Waals surface area contributed by atoms with E-state index in [0.29, 0.717) is 11.3 Å². The molecule has 116 valence electrons. The average Bonchev–Trinajstić information content (AvgIpc) is 2.61. The molecular weight excluding hydrogens is 304 g/mol. The molecule has 1 aliphatic heterocycles. The van der Waals surface area contributed by atoms with Crippen LogP contribution in [0.25, 0.3) is 0 Å². The first kappa shape index (κ1) is 15.6. The van der Waals surface area contributed by atoms with Crippen molar-refractivity contribution in [2.24, 2.45) is 0 Å². The molecule has 0 saturated carbocycles. The zero-order chi connectivity index (χ0) is 16.1. The molecule has 0 unspecified atom stereocenters. The van der Waals surface area contributed by atoms with Crippen LogP contribution in [0.5, 0.6) is 0 Å². The van der Waals surface area contributed by atoms with Gasteiger partial charge in [-0.2, -0.15) is 5.26 Å². The first-order chi connectivity index (χ1) is 11.3. The minimum absolute atomic E-state index is 0.165. The third-order valence-corrected chi connectivity index (χ3v) is 4.95. The number of carbonyl (C=O) groups excluding carboxylic acids is 1. The van der Waals surface area contributed by atoms with Crippen LogP contribution in [0.1, 0.15) is 23.1 Å². The Morgan fingerprint density at radius 3 is 2.96 bits per heavy atom. The van der Waals surface area contributed by atoms with Gasteiger partial charge in [-0.1, -0.05) is 30.3 Å². The van der Waals surface area contributed by atoms with Crippen LogP contribution >= 0.6 is 11.8 Å². The van der Waals surface area contributed by atoms with Gasteiger partial charge < -0.3 is 4.90 Å². The Labute approximate surface area is 140 Å². The Hall–Kier alpha value is -2.25. The Kier molecular flexibility index (Phi) is 4.99. The largest absolute Gasteiger partial charge is 0.311 e. The molecule has 1 aliphatic rings. The fourth-order valence-electron chi connectivity index (χ4n) is 2.86. The minimum atomic E-state index is 0.165. The highest BCUT2D eigenvalue weighted by atomic mass is 32.2. The van der Waals surface area contributed by atoms with Crippen molar-refractivity contribution < 1.29 is 4.79 Å². The number of rotatable bonds is 4. The summed E-state index contributed by atoms with van der Waals surface area (Å²) in [7, 11) is 0. The Bertz CT molecular complexity index is 751. The van der Waals surface area contributed by atoms with E-state index in [9.17, 15) is 4.79 Å². The van der Waals surface area contributed by atoms with E-state index in [1.54, 1.807) is 17.8 Å². The van der Waals surface area contributed by atoms with E-state index < -0.39 is 0 Å². The van der Waals surface area contributed by atoms with E-state index in [4.69, 9.17) is 5.26 Å². The molecule has 0 aliphatic carbocycles. The van der Waals surface area contributed by atoms with Crippen LogP contribution in [-0.2, 0) is 17.0 Å². The van der Waals surface area contributed by atoms with Gasteiger partial charge in [-0.15, -0.1) is 11.8 Å². The van der Waals surface area contributed by atoms with Crippen molar-refractivity contribution in [3.63, 3.8) is 0 Å². The number of hydrogen-bond donors (Lipinski definition) is 0. The van der Waals surface area contributed by atoms with Crippen LogP contribution in [0.15, 0.2) is 48.5 Å². The number of amides is 1. The molecule has 0 radical (unpaired) electrons. The van der Waals surface area contributed by atoms with Gasteiger partial charge in [0.2, 0.25) is 5.91 Å². The number of aryl methyl sites for hydroxylation is 1. The van der Waals surface area contributed by atoms with E-state index in [-0.39, 0.29) is 5.91 Å². The van der Waals surface area contributed by atoms with E-state index in [1.807, 2.05) is 41.3 Å². The summed E-state index contributed by atoms with van der Waals surface area (Å²) in [4.78, 5) is 14.4. The Morgan fingerprint density at radius 2 is 2.09 bits per heavy atom. The third-order valence-electron chi connectivity index (χ3n) is 3.96. The minimum Gasteiger partial charge on any atom is -0.311 e. The lowest BCUT2D eigenvalue weighted by atomic mass is 10.0. The molecule has 2 aromatic rings. The lowest BCUT2D eigenvalue weighted by molar-refractivity contribution is -0.116. The van der Waals surface area contributed by atoms with Crippen LogP contribution in [0.2, 0.25) is 0 Å². The van der Waals surface area contributed by atoms with Gasteiger partial charge in [0.1, 0.15) is 0 Å². The molecule has 3 rings (SSSR count). The second-order valence-corrected chi connectivity index (χ2v) is 6.57. The average molecular weight is 322 g/mol. The van der Waals surface area contributed by atoms with Crippen LogP contribution in [0, 0.1) is 11.3 Å². The number of benzene rings is 2. The molecule has 0 bridgehead atoms. The fourth-order valence-corrected chi connectivity index (χ4v) is 3.71. The lowest BCUT2D eigenvalue weighted by Crippen LogP contribution is -2.36. The summed E-state index contributed by atoms with van der Waals surface area (Å²) >= 11 is 1.60. The van der Waals surface area contributed by atoms with Crippen molar-refractivity contribution in [3.05, 3.63) is 65.2 Å². The third kappa shape index (κ3) is 3.75. The molecular formula is C19H18N2OS. The van der Waals surface area contributed by atoms with Gasteiger partial charge in [-0.25, -0.2) is 0 Å². The summed E-state index contributed by atoms with van der Waals surface area (Å²) in [5.41, 5.74) is 4.08. The van der Waals surface area contributed by atoms with Gasteiger partial charge in [-0.3, -0.25) is 4.79 Å². The van der Waals surface area contributed by atoms with Crippen molar-refractivity contribution >= 4 is 23.4 Å². The smallest absolute Gasteiger partial charge is 0.236 e. The van der Waals surface area contributed by atoms with E-state index in [2.05, 4.69) is 12.1 Å². The van der Waals surface area contributed by atoms with Crippen molar-refractivity contribution in [3.8, 4) is 6.07 Å². The summed E-state index contributed by atoms with van der Waals surface area (Å²) in [6, 6.07) is 17.9. The highest BCUT2D eigenvalue weighted by molar-refractivity contribution is 7.99. The molecule has 0 spiro atoms. The van der Waals surface area contributed by atoms with Crippen molar-refractivity contribution in [2.75, 3.05) is 17.2 Å². The zero-order valence-corrected chi connectivity index (χ0v) is 13.7. The zero-order valence-electron chi connectivity index (χ0n) is 12.9. The summed E-state index contributed by atoms with van der Waals surface area (Å²) < 4.78 is 0. The first-order valence-electron chi connectivity index (χ1n) is 7.73. The SMILES string of the molecule is N#Cc1cccc(CSCC(=O)N2CCCc3ccccc32)c1. The van der Waals surface area contributed by atoms with E-state index in [0.717, 1.165) is 36.4 Å². The molecule has 1 amide bonds. The van der Waals surface area contributed by atoms with Crippen LogP contribution in [0.4, 0.5) is 5.69 Å². The number of hydrogen-bond acceptors (Lipinski definition) is 3. The Morgan fingerprint density at radius 1 is 1.22 bits per heavy atom. The monoisotopic (exact) mass is 322 g/mol. The van der Waals surface area contributed by atoms with E-state index >= 15 is 0 Å². The predicted octanol–water partition coefficient (Wildman–Crippen LogP) is 3.77. The van der Waals surface area contributed by atoms with Crippen LogP contribution in [0.3, 0.4) is 0 Å². The molecule has 0 fully saturated rings. The predicted molar refractivity (Wildman–Crippen MR) is 94.4 cm³/mol. The number of thioether (sulfide) groups is 1. The molecule has 4 heteroatoms. The fraction of sp³-hybridized carbons (Fsp3) is 0.263. The summed E-state index contributed by atoms with van der Waals surface area (Å²) in [6.45, 7) is 0.806. The number of anilines is 1. The van der Waals surface area contributed by atoms with Crippen molar-refractivity contribution in [1.29, 1.82) is 5.26 Å². The first-order valence-corrected chi connectivity index (χ1v) is 8.88. The molecule has 0 atom stereocenters. The summed E-state index contributed by atoms with van der Waals surface area (Å²) in [6.07, 6.45) is 2.08. The molecule has 1 heterocycles. The standard InChI is InChI=1S/C19H18N2OS/c20-12-15-5-3-6-16(11-15)13-23-14-19(22)21-10-4-8-17-7-1-2-9-18(17)21/h1-3,5-7,9,11H,4,8,10,13-14H2. The topological polar surface area (TPSA) is 44.1 Å². The van der Waals surface area contributed by atoms with Crippen molar-refractivity contribution in [2.45, 2.75) is 18.6 Å². The number of nitriles is 1. The molecule has 0 aromatic heterocycles. The molecule has 0 saturated heterocycles. The van der Waals surface area contributed by atoms with Gasteiger partial charge in [0.05, 0.1) is 17.4 Å². The van der Waals surface area contributed by atoms with Gasteiger partial charge in [0, 0.05) is 18.0 Å². The maximum atomic E-state index is 12.5. The maximum Gasteiger partial charge on any atom is 0.236 e. The number of carbonyl (C=O) groups is 1. The molecule has 0 N–H and O–H groups in total. The van der Waals surface area contributed by atoms with Gasteiger partial charge >= 0.3 is 0 Å². The van der Waals surface area contributed by atoms with Gasteiger partial charge in [0.25, 0.3) is 0 Å². The van der Waals surface area contributed by atoms with Crippen LogP contribution < -0.4 is 4.90 Å². The number of para-hydroxylation sites is 1. The highest BCUT2D eigenvalue weighted by Gasteiger charge is 2.21.